The Bertz CT molecular complexity index is 651. The lowest BCUT2D eigenvalue weighted by Gasteiger charge is -2.06. The fourth-order valence-corrected chi connectivity index (χ4v) is 2.36. The monoisotopic (exact) mass is 285 g/mol. The van der Waals surface area contributed by atoms with Gasteiger partial charge in [0.05, 0.1) is 6.54 Å². The Balaban J connectivity index is 2.09. The van der Waals surface area contributed by atoms with Crippen molar-refractivity contribution in [1.29, 1.82) is 0 Å². The Morgan fingerprint density at radius 2 is 2.25 bits per heavy atom. The summed E-state index contributed by atoms with van der Waals surface area (Å²) in [6.45, 7) is 2.27. The maximum Gasteiger partial charge on any atom is 0.251 e. The zero-order chi connectivity index (χ0) is 14.4. The lowest BCUT2D eigenvalue weighted by molar-refractivity contribution is 0.0951. The van der Waals surface area contributed by atoms with Crippen LogP contribution < -0.4 is 5.32 Å². The van der Waals surface area contributed by atoms with Gasteiger partial charge in [-0.25, -0.2) is 0 Å². The van der Waals surface area contributed by atoms with Crippen LogP contribution >= 0.6 is 11.3 Å². The first-order valence-electron chi connectivity index (χ1n) is 6.21. The molecule has 0 atom stereocenters. The number of benzene rings is 1. The summed E-state index contributed by atoms with van der Waals surface area (Å²) in [6.07, 6.45) is 0. The molecule has 20 heavy (non-hydrogen) atoms. The Hall–Kier alpha value is -2.09. The zero-order valence-corrected chi connectivity index (χ0v) is 12.0. The van der Waals surface area contributed by atoms with Crippen LogP contribution in [0.5, 0.6) is 0 Å². The minimum Gasteiger partial charge on any atom is -0.384 e. The van der Waals surface area contributed by atoms with E-state index in [-0.39, 0.29) is 12.5 Å². The van der Waals surface area contributed by atoms with E-state index in [0.29, 0.717) is 12.1 Å². The Morgan fingerprint density at radius 1 is 1.40 bits per heavy atom. The number of amides is 1. The third-order valence-electron chi connectivity index (χ3n) is 2.81. The fraction of sp³-hybridized carbons (Fsp3) is 0.188. The van der Waals surface area contributed by atoms with Gasteiger partial charge in [0.15, 0.2) is 0 Å². The summed E-state index contributed by atoms with van der Waals surface area (Å²) in [6, 6.07) is 9.34. The lowest BCUT2D eigenvalue weighted by Crippen LogP contribution is -2.22. The van der Waals surface area contributed by atoms with Crippen LogP contribution in [-0.2, 0) is 6.54 Å². The minimum absolute atomic E-state index is 0.120. The van der Waals surface area contributed by atoms with Gasteiger partial charge in [0.1, 0.15) is 6.61 Å². The van der Waals surface area contributed by atoms with Crippen molar-refractivity contribution >= 4 is 17.2 Å². The third kappa shape index (κ3) is 3.70. The average Bonchev–Trinajstić information content (AvgIpc) is 2.97. The summed E-state index contributed by atoms with van der Waals surface area (Å²) in [5, 5.41) is 13.6. The van der Waals surface area contributed by atoms with Crippen LogP contribution in [0.15, 0.2) is 35.7 Å². The predicted molar refractivity (Wildman–Crippen MR) is 80.6 cm³/mol. The van der Waals surface area contributed by atoms with Gasteiger partial charge in [-0.05, 0) is 36.1 Å². The number of nitrogens with one attached hydrogen (secondary N) is 1. The molecule has 0 aliphatic rings. The molecule has 1 aromatic heterocycles. The Morgan fingerprint density at radius 3 is 2.95 bits per heavy atom. The molecule has 2 aromatic rings. The van der Waals surface area contributed by atoms with Crippen molar-refractivity contribution < 1.29 is 9.90 Å². The van der Waals surface area contributed by atoms with Crippen molar-refractivity contribution in [2.45, 2.75) is 13.5 Å². The second-order valence-electron chi connectivity index (χ2n) is 4.25. The SMILES string of the molecule is Cc1ccc(C(=O)NCc2cccs2)cc1C#CCO. The molecule has 0 bridgehead atoms. The van der Waals surface area contributed by atoms with Crippen molar-refractivity contribution in [3.63, 3.8) is 0 Å². The summed E-state index contributed by atoms with van der Waals surface area (Å²) in [7, 11) is 0. The zero-order valence-electron chi connectivity index (χ0n) is 11.1. The molecular formula is C16H15NO2S. The topological polar surface area (TPSA) is 49.3 Å². The van der Waals surface area contributed by atoms with Crippen molar-refractivity contribution in [3.8, 4) is 11.8 Å². The van der Waals surface area contributed by atoms with Crippen molar-refractivity contribution in [3.05, 3.63) is 57.3 Å². The largest absolute Gasteiger partial charge is 0.384 e. The number of rotatable bonds is 3. The van der Waals surface area contributed by atoms with Gasteiger partial charge in [-0.15, -0.1) is 11.3 Å². The molecule has 3 nitrogen and oxygen atoms in total. The summed E-state index contributed by atoms with van der Waals surface area (Å²) < 4.78 is 0. The highest BCUT2D eigenvalue weighted by atomic mass is 32.1. The van der Waals surface area contributed by atoms with Crippen LogP contribution in [0.2, 0.25) is 0 Å². The van der Waals surface area contributed by atoms with Gasteiger partial charge in [0.25, 0.3) is 5.91 Å². The van der Waals surface area contributed by atoms with E-state index in [9.17, 15) is 4.79 Å². The number of aliphatic hydroxyl groups is 1. The van der Waals surface area contributed by atoms with Crippen LogP contribution in [0.25, 0.3) is 0 Å². The van der Waals surface area contributed by atoms with E-state index < -0.39 is 0 Å². The highest BCUT2D eigenvalue weighted by molar-refractivity contribution is 7.09. The van der Waals surface area contributed by atoms with Gasteiger partial charge in [0.2, 0.25) is 0 Å². The molecule has 0 spiro atoms. The lowest BCUT2D eigenvalue weighted by atomic mass is 10.0. The molecule has 0 fully saturated rings. The Labute approximate surface area is 122 Å². The predicted octanol–water partition coefficient (Wildman–Crippen LogP) is 2.33. The summed E-state index contributed by atoms with van der Waals surface area (Å²) in [5.41, 5.74) is 2.33. The first-order valence-corrected chi connectivity index (χ1v) is 7.09. The molecule has 4 heteroatoms. The summed E-state index contributed by atoms with van der Waals surface area (Å²) in [4.78, 5) is 13.2. The van der Waals surface area contributed by atoms with Crippen molar-refractivity contribution in [2.24, 2.45) is 0 Å². The summed E-state index contributed by atoms with van der Waals surface area (Å²) in [5.74, 6) is 5.33. The van der Waals surface area contributed by atoms with E-state index in [1.807, 2.05) is 30.5 Å². The molecule has 102 valence electrons. The molecule has 0 saturated carbocycles. The number of aryl methyl sites for hydroxylation is 1. The van der Waals surface area contributed by atoms with Gasteiger partial charge in [-0.3, -0.25) is 4.79 Å². The van der Waals surface area contributed by atoms with Gasteiger partial charge < -0.3 is 10.4 Å². The van der Waals surface area contributed by atoms with E-state index in [1.165, 1.54) is 0 Å². The molecule has 0 radical (unpaired) electrons. The first kappa shape index (κ1) is 14.3. The summed E-state index contributed by atoms with van der Waals surface area (Å²) >= 11 is 1.61. The van der Waals surface area contributed by atoms with Crippen molar-refractivity contribution in [2.75, 3.05) is 6.61 Å². The number of carbonyl (C=O) groups excluding carboxylic acids is 1. The Kier molecular flexibility index (Phi) is 4.94. The standard InChI is InChI=1S/C16H15NO2S/c1-12-6-7-14(10-13(12)4-2-8-18)16(19)17-11-15-5-3-9-20-15/h3,5-7,9-10,18H,8,11H2,1H3,(H,17,19). The maximum absolute atomic E-state index is 12.1. The van der Waals surface area contributed by atoms with Crippen LogP contribution in [0.3, 0.4) is 0 Å². The maximum atomic E-state index is 12.1. The number of hydrogen-bond donors (Lipinski definition) is 2. The molecule has 1 amide bonds. The molecule has 0 saturated heterocycles. The van der Waals surface area contributed by atoms with E-state index >= 15 is 0 Å². The molecule has 1 heterocycles. The highest BCUT2D eigenvalue weighted by Crippen LogP contribution is 2.11. The molecule has 1 aromatic carbocycles. The normalized spacial score (nSPS) is 9.70. The highest BCUT2D eigenvalue weighted by Gasteiger charge is 2.07. The molecule has 0 aliphatic heterocycles. The third-order valence-corrected chi connectivity index (χ3v) is 3.68. The van der Waals surface area contributed by atoms with E-state index in [0.717, 1.165) is 16.0 Å². The average molecular weight is 285 g/mol. The van der Waals surface area contributed by atoms with Crippen molar-refractivity contribution in [1.82, 2.24) is 5.32 Å². The number of carbonyl (C=O) groups is 1. The van der Waals surface area contributed by atoms with Gasteiger partial charge in [-0.1, -0.05) is 24.0 Å². The van der Waals surface area contributed by atoms with Crippen LogP contribution in [-0.4, -0.2) is 17.6 Å². The van der Waals surface area contributed by atoms with E-state index in [2.05, 4.69) is 17.2 Å². The quantitative estimate of drug-likeness (QED) is 0.850. The fourth-order valence-electron chi connectivity index (χ4n) is 1.72. The van der Waals surface area contributed by atoms with E-state index in [1.54, 1.807) is 23.5 Å². The van der Waals surface area contributed by atoms with Crippen LogP contribution in [0.1, 0.15) is 26.4 Å². The van der Waals surface area contributed by atoms with Crippen LogP contribution in [0.4, 0.5) is 0 Å². The second-order valence-corrected chi connectivity index (χ2v) is 5.28. The molecular weight excluding hydrogens is 270 g/mol. The molecule has 2 N–H and O–H groups in total. The molecule has 2 rings (SSSR count). The van der Waals surface area contributed by atoms with Crippen LogP contribution in [0, 0.1) is 18.8 Å². The second kappa shape index (κ2) is 6.90. The van der Waals surface area contributed by atoms with Gasteiger partial charge in [0, 0.05) is 16.0 Å². The van der Waals surface area contributed by atoms with E-state index in [4.69, 9.17) is 5.11 Å². The first-order chi connectivity index (χ1) is 9.70. The van der Waals surface area contributed by atoms with Gasteiger partial charge in [-0.2, -0.15) is 0 Å². The molecule has 0 unspecified atom stereocenters. The smallest absolute Gasteiger partial charge is 0.251 e. The number of aliphatic hydroxyl groups excluding tert-OH is 1. The number of thiophene rings is 1. The van der Waals surface area contributed by atoms with Gasteiger partial charge >= 0.3 is 0 Å². The molecule has 0 aliphatic carbocycles. The number of hydrogen-bond acceptors (Lipinski definition) is 3. The minimum atomic E-state index is -0.186.